The molecule has 0 aliphatic heterocycles. The Hall–Kier alpha value is -1.89. The fraction of sp³-hybridized carbons (Fsp3) is 0.429. The van der Waals surface area contributed by atoms with Crippen LogP contribution < -0.4 is 5.32 Å². The van der Waals surface area contributed by atoms with Gasteiger partial charge in [0.25, 0.3) is 5.22 Å². The van der Waals surface area contributed by atoms with Crippen LogP contribution in [0.5, 0.6) is 0 Å². The minimum Gasteiger partial charge on any atom is -0.411 e. The Morgan fingerprint density at radius 1 is 1.43 bits per heavy atom. The lowest BCUT2D eigenvalue weighted by Crippen LogP contribution is -2.43. The minimum absolute atomic E-state index is 0.0482. The molecule has 1 amide bonds. The molecule has 0 radical (unpaired) electrons. The summed E-state index contributed by atoms with van der Waals surface area (Å²) < 4.78 is 5.50. The summed E-state index contributed by atoms with van der Waals surface area (Å²) in [5.74, 6) is 0.603. The van der Waals surface area contributed by atoms with Gasteiger partial charge in [0.05, 0.1) is 11.3 Å². The van der Waals surface area contributed by atoms with Crippen LogP contribution in [0.4, 0.5) is 0 Å². The maximum absolute atomic E-state index is 11.8. The highest BCUT2D eigenvalue weighted by Crippen LogP contribution is 2.22. The minimum atomic E-state index is -0.201. The number of carbonyl (C=O) groups is 1. The summed E-state index contributed by atoms with van der Waals surface area (Å²) in [6.07, 6.45) is 4.20. The summed E-state index contributed by atoms with van der Waals surface area (Å²) in [5.41, 5.74) is 0.557. The fourth-order valence-electron chi connectivity index (χ4n) is 1.50. The number of hydrogen-bond donors (Lipinski definition) is 1. The third kappa shape index (κ3) is 4.56. The van der Waals surface area contributed by atoms with E-state index in [2.05, 4.69) is 20.5 Å². The number of amides is 1. The molecule has 6 nitrogen and oxygen atoms in total. The number of carbonyl (C=O) groups excluding carboxylic acids is 1. The van der Waals surface area contributed by atoms with E-state index in [0.717, 1.165) is 12.0 Å². The Balaban J connectivity index is 1.90. The second-order valence-electron chi connectivity index (χ2n) is 5.19. The average Bonchev–Trinajstić information content (AvgIpc) is 2.95. The van der Waals surface area contributed by atoms with Crippen LogP contribution in [0.25, 0.3) is 11.5 Å². The predicted octanol–water partition coefficient (Wildman–Crippen LogP) is 2.53. The molecule has 0 saturated heterocycles. The van der Waals surface area contributed by atoms with Crippen LogP contribution in [0.2, 0.25) is 0 Å². The lowest BCUT2D eigenvalue weighted by Gasteiger charge is -2.24. The van der Waals surface area contributed by atoms with Gasteiger partial charge in [0.2, 0.25) is 11.8 Å². The Morgan fingerprint density at radius 3 is 2.90 bits per heavy atom. The van der Waals surface area contributed by atoms with Crippen molar-refractivity contribution in [2.45, 2.75) is 38.0 Å². The Bertz CT molecular complexity index is 598. The third-order valence-electron chi connectivity index (χ3n) is 3.00. The van der Waals surface area contributed by atoms with Gasteiger partial charge in [0, 0.05) is 17.9 Å². The van der Waals surface area contributed by atoms with Gasteiger partial charge >= 0.3 is 0 Å². The van der Waals surface area contributed by atoms with E-state index >= 15 is 0 Å². The van der Waals surface area contributed by atoms with Crippen molar-refractivity contribution in [2.24, 2.45) is 0 Å². The van der Waals surface area contributed by atoms with Crippen molar-refractivity contribution in [1.29, 1.82) is 0 Å². The molecule has 21 heavy (non-hydrogen) atoms. The number of pyridine rings is 1. The highest BCUT2D eigenvalue weighted by molar-refractivity contribution is 7.99. The van der Waals surface area contributed by atoms with Crippen molar-refractivity contribution in [2.75, 3.05) is 5.75 Å². The second kappa shape index (κ2) is 6.71. The van der Waals surface area contributed by atoms with Gasteiger partial charge in [0.1, 0.15) is 0 Å². The first-order chi connectivity index (χ1) is 10.00. The van der Waals surface area contributed by atoms with Crippen molar-refractivity contribution >= 4 is 17.7 Å². The molecule has 0 bridgehead atoms. The van der Waals surface area contributed by atoms with Crippen LogP contribution in [0.15, 0.2) is 34.2 Å². The number of hydrogen-bond acceptors (Lipinski definition) is 6. The Labute approximate surface area is 127 Å². The summed E-state index contributed by atoms with van der Waals surface area (Å²) in [5, 5.41) is 11.2. The molecule has 2 aromatic rings. The summed E-state index contributed by atoms with van der Waals surface area (Å²) in [7, 11) is 0. The van der Waals surface area contributed by atoms with Gasteiger partial charge in [-0.25, -0.2) is 0 Å². The lowest BCUT2D eigenvalue weighted by atomic mass is 10.0. The van der Waals surface area contributed by atoms with Gasteiger partial charge < -0.3 is 9.73 Å². The lowest BCUT2D eigenvalue weighted by molar-refractivity contribution is -0.120. The van der Waals surface area contributed by atoms with E-state index in [1.165, 1.54) is 11.8 Å². The van der Waals surface area contributed by atoms with Gasteiger partial charge in [0.15, 0.2) is 0 Å². The van der Waals surface area contributed by atoms with Crippen LogP contribution in [0.1, 0.15) is 27.2 Å². The van der Waals surface area contributed by atoms with Gasteiger partial charge in [-0.15, -0.1) is 10.2 Å². The zero-order chi connectivity index (χ0) is 15.3. The van der Waals surface area contributed by atoms with Crippen LogP contribution in [-0.4, -0.2) is 32.4 Å². The number of nitrogens with zero attached hydrogens (tertiary/aromatic N) is 3. The molecule has 2 heterocycles. The molecule has 0 fully saturated rings. The van der Waals surface area contributed by atoms with Gasteiger partial charge in [-0.2, -0.15) is 0 Å². The van der Waals surface area contributed by atoms with Gasteiger partial charge in [-0.05, 0) is 32.4 Å². The topological polar surface area (TPSA) is 80.9 Å². The van der Waals surface area contributed by atoms with E-state index in [4.69, 9.17) is 4.42 Å². The molecule has 0 spiro atoms. The maximum atomic E-state index is 11.8. The van der Waals surface area contributed by atoms with E-state index in [1.54, 1.807) is 18.5 Å². The number of nitrogens with one attached hydrogen (secondary N) is 1. The molecule has 0 saturated carbocycles. The Kier molecular flexibility index (Phi) is 4.95. The van der Waals surface area contributed by atoms with Crippen LogP contribution in [0.3, 0.4) is 0 Å². The molecule has 112 valence electrons. The van der Waals surface area contributed by atoms with Crippen molar-refractivity contribution in [1.82, 2.24) is 20.5 Å². The molecule has 0 aliphatic rings. The zero-order valence-electron chi connectivity index (χ0n) is 12.3. The summed E-state index contributed by atoms with van der Waals surface area (Å²) >= 11 is 1.22. The third-order valence-corrected chi connectivity index (χ3v) is 3.82. The van der Waals surface area contributed by atoms with E-state index in [0.29, 0.717) is 11.1 Å². The average molecular weight is 306 g/mol. The standard InChI is InChI=1S/C14H18N4O2S/c1-4-14(2,3)16-11(19)9-21-13-18-17-12(20-13)10-6-5-7-15-8-10/h5-8H,4,9H2,1-3H3,(H,16,19). The summed E-state index contributed by atoms with van der Waals surface area (Å²) in [6.45, 7) is 6.01. The van der Waals surface area contributed by atoms with E-state index in [-0.39, 0.29) is 17.2 Å². The first-order valence-electron chi connectivity index (χ1n) is 6.68. The van der Waals surface area contributed by atoms with Crippen LogP contribution in [-0.2, 0) is 4.79 Å². The van der Waals surface area contributed by atoms with Crippen molar-refractivity contribution in [3.05, 3.63) is 24.5 Å². The van der Waals surface area contributed by atoms with Crippen LogP contribution in [0, 0.1) is 0 Å². The van der Waals surface area contributed by atoms with E-state index < -0.39 is 0 Å². The molecule has 1 N–H and O–H groups in total. The smallest absolute Gasteiger partial charge is 0.277 e. The largest absolute Gasteiger partial charge is 0.411 e. The molecule has 0 aromatic carbocycles. The summed E-state index contributed by atoms with van der Waals surface area (Å²) in [6, 6.07) is 3.64. The van der Waals surface area contributed by atoms with Gasteiger partial charge in [-0.1, -0.05) is 18.7 Å². The predicted molar refractivity (Wildman–Crippen MR) is 80.8 cm³/mol. The van der Waals surface area contributed by atoms with Crippen molar-refractivity contribution in [3.63, 3.8) is 0 Å². The van der Waals surface area contributed by atoms with E-state index in [1.807, 2.05) is 26.8 Å². The monoisotopic (exact) mass is 306 g/mol. The highest BCUT2D eigenvalue weighted by Gasteiger charge is 2.18. The number of thioether (sulfide) groups is 1. The maximum Gasteiger partial charge on any atom is 0.277 e. The van der Waals surface area contributed by atoms with E-state index in [9.17, 15) is 4.79 Å². The zero-order valence-corrected chi connectivity index (χ0v) is 13.1. The molecule has 2 rings (SSSR count). The highest BCUT2D eigenvalue weighted by atomic mass is 32.2. The molecule has 0 atom stereocenters. The van der Waals surface area contributed by atoms with Gasteiger partial charge in [-0.3, -0.25) is 9.78 Å². The molecule has 0 unspecified atom stereocenters. The molecule has 7 heteroatoms. The Morgan fingerprint density at radius 2 is 2.24 bits per heavy atom. The first kappa shape index (κ1) is 15.5. The van der Waals surface area contributed by atoms with Crippen molar-refractivity contribution < 1.29 is 9.21 Å². The van der Waals surface area contributed by atoms with Crippen LogP contribution >= 0.6 is 11.8 Å². The second-order valence-corrected chi connectivity index (χ2v) is 6.12. The molecular formula is C14H18N4O2S. The summed E-state index contributed by atoms with van der Waals surface area (Å²) in [4.78, 5) is 15.8. The molecule has 2 aromatic heterocycles. The fourth-order valence-corrected chi connectivity index (χ4v) is 2.07. The quantitative estimate of drug-likeness (QED) is 0.826. The SMILES string of the molecule is CCC(C)(C)NC(=O)CSc1nnc(-c2cccnc2)o1. The molecule has 0 aliphatic carbocycles. The normalized spacial score (nSPS) is 11.4. The first-order valence-corrected chi connectivity index (χ1v) is 7.66. The molecular weight excluding hydrogens is 288 g/mol. The number of rotatable bonds is 6. The number of aromatic nitrogens is 3. The van der Waals surface area contributed by atoms with Crippen molar-refractivity contribution in [3.8, 4) is 11.5 Å².